The molecule has 1 aromatic heterocycles. The molecule has 25 heavy (non-hydrogen) atoms. The number of ether oxygens (including phenoxy) is 1. The van der Waals surface area contributed by atoms with Gasteiger partial charge in [0.05, 0.1) is 18.8 Å². The first-order valence-electron chi connectivity index (χ1n) is 8.66. The number of methoxy groups -OCH3 is 1. The standard InChI is InChI=1S/C19H25N3O3/c1-13-17(14(2)25-21-13)8-9-19(23)22-11-10-20-12-18(22)15-4-6-16(24-3)7-5-15/h4-7,18,20H,8-12H2,1-3H3/t18-/m1/s1. The average Bonchev–Trinajstić information content (AvgIpc) is 2.97. The van der Waals surface area contributed by atoms with Crippen LogP contribution in [0.5, 0.6) is 5.75 Å². The molecular weight excluding hydrogens is 318 g/mol. The molecule has 6 nitrogen and oxygen atoms in total. The quantitative estimate of drug-likeness (QED) is 0.903. The molecule has 0 saturated carbocycles. The predicted octanol–water partition coefficient (Wildman–Crippen LogP) is 2.41. The molecule has 0 aliphatic carbocycles. The number of benzene rings is 1. The molecule has 1 aliphatic rings. The van der Waals surface area contributed by atoms with E-state index in [-0.39, 0.29) is 11.9 Å². The van der Waals surface area contributed by atoms with Gasteiger partial charge in [0.25, 0.3) is 0 Å². The van der Waals surface area contributed by atoms with Gasteiger partial charge in [-0.3, -0.25) is 4.79 Å². The SMILES string of the molecule is COc1ccc([C@H]2CNCCN2C(=O)CCc2c(C)noc2C)cc1. The fourth-order valence-corrected chi connectivity index (χ4v) is 3.36. The van der Waals surface area contributed by atoms with Gasteiger partial charge in [-0.15, -0.1) is 0 Å². The van der Waals surface area contributed by atoms with Crippen molar-refractivity contribution in [3.8, 4) is 5.75 Å². The smallest absolute Gasteiger partial charge is 0.223 e. The number of piperazine rings is 1. The number of aryl methyl sites for hydroxylation is 2. The van der Waals surface area contributed by atoms with Crippen molar-refractivity contribution >= 4 is 5.91 Å². The van der Waals surface area contributed by atoms with E-state index in [0.717, 1.165) is 48.0 Å². The van der Waals surface area contributed by atoms with Gasteiger partial charge >= 0.3 is 0 Å². The van der Waals surface area contributed by atoms with Crippen LogP contribution in [-0.2, 0) is 11.2 Å². The second-order valence-electron chi connectivity index (χ2n) is 6.38. The van der Waals surface area contributed by atoms with Crippen LogP contribution in [0.2, 0.25) is 0 Å². The van der Waals surface area contributed by atoms with Gasteiger partial charge < -0.3 is 19.5 Å². The number of rotatable bonds is 5. The Morgan fingerprint density at radius 2 is 2.12 bits per heavy atom. The van der Waals surface area contributed by atoms with Crippen LogP contribution in [0.25, 0.3) is 0 Å². The van der Waals surface area contributed by atoms with Crippen LogP contribution in [-0.4, -0.2) is 42.7 Å². The Kier molecular flexibility index (Phi) is 5.38. The third-order valence-corrected chi connectivity index (χ3v) is 4.83. The molecule has 1 aromatic carbocycles. The number of nitrogens with one attached hydrogen (secondary N) is 1. The second kappa shape index (κ2) is 7.70. The van der Waals surface area contributed by atoms with Crippen LogP contribution in [0.4, 0.5) is 0 Å². The zero-order chi connectivity index (χ0) is 17.8. The van der Waals surface area contributed by atoms with Crippen LogP contribution < -0.4 is 10.1 Å². The van der Waals surface area contributed by atoms with Gasteiger partial charge in [0.2, 0.25) is 5.91 Å². The van der Waals surface area contributed by atoms with E-state index >= 15 is 0 Å². The van der Waals surface area contributed by atoms with E-state index in [0.29, 0.717) is 12.8 Å². The van der Waals surface area contributed by atoms with Gasteiger partial charge in [0.15, 0.2) is 0 Å². The van der Waals surface area contributed by atoms with E-state index in [1.54, 1.807) is 7.11 Å². The van der Waals surface area contributed by atoms with E-state index in [9.17, 15) is 4.79 Å². The van der Waals surface area contributed by atoms with Gasteiger partial charge in [-0.1, -0.05) is 17.3 Å². The summed E-state index contributed by atoms with van der Waals surface area (Å²) in [4.78, 5) is 14.8. The van der Waals surface area contributed by atoms with Crippen molar-refractivity contribution in [3.05, 3.63) is 46.8 Å². The number of amides is 1. The Bertz CT molecular complexity index is 705. The summed E-state index contributed by atoms with van der Waals surface area (Å²) in [5, 5.41) is 7.35. The number of hydrogen-bond acceptors (Lipinski definition) is 5. The highest BCUT2D eigenvalue weighted by atomic mass is 16.5. The maximum atomic E-state index is 12.8. The normalized spacial score (nSPS) is 17.6. The summed E-state index contributed by atoms with van der Waals surface area (Å²) in [5.41, 5.74) is 3.04. The van der Waals surface area contributed by atoms with Crippen LogP contribution in [0.3, 0.4) is 0 Å². The predicted molar refractivity (Wildman–Crippen MR) is 94.6 cm³/mol. The molecule has 134 valence electrons. The van der Waals surface area contributed by atoms with Crippen LogP contribution >= 0.6 is 0 Å². The molecule has 1 amide bonds. The van der Waals surface area contributed by atoms with Crippen LogP contribution in [0, 0.1) is 13.8 Å². The van der Waals surface area contributed by atoms with Gasteiger partial charge in [-0.05, 0) is 38.0 Å². The lowest BCUT2D eigenvalue weighted by Crippen LogP contribution is -2.48. The highest BCUT2D eigenvalue weighted by Gasteiger charge is 2.28. The van der Waals surface area contributed by atoms with E-state index in [2.05, 4.69) is 10.5 Å². The molecule has 2 heterocycles. The summed E-state index contributed by atoms with van der Waals surface area (Å²) in [6, 6.07) is 8.00. The zero-order valence-electron chi connectivity index (χ0n) is 15.0. The Morgan fingerprint density at radius 1 is 1.36 bits per heavy atom. The average molecular weight is 343 g/mol. The lowest BCUT2D eigenvalue weighted by Gasteiger charge is -2.36. The molecule has 1 fully saturated rings. The Hall–Kier alpha value is -2.34. The van der Waals surface area contributed by atoms with E-state index in [1.807, 2.05) is 43.0 Å². The molecule has 0 unspecified atom stereocenters. The number of aromatic nitrogens is 1. The summed E-state index contributed by atoms with van der Waals surface area (Å²) in [7, 11) is 1.65. The monoisotopic (exact) mass is 343 g/mol. The molecule has 1 N–H and O–H groups in total. The zero-order valence-corrected chi connectivity index (χ0v) is 15.0. The van der Waals surface area contributed by atoms with Gasteiger partial charge in [0.1, 0.15) is 11.5 Å². The Morgan fingerprint density at radius 3 is 2.76 bits per heavy atom. The fraction of sp³-hybridized carbons (Fsp3) is 0.474. The van der Waals surface area contributed by atoms with Crippen molar-refractivity contribution in [1.29, 1.82) is 0 Å². The third kappa shape index (κ3) is 3.85. The van der Waals surface area contributed by atoms with Crippen molar-refractivity contribution in [2.75, 3.05) is 26.7 Å². The minimum atomic E-state index is 0.0526. The fourth-order valence-electron chi connectivity index (χ4n) is 3.36. The summed E-state index contributed by atoms with van der Waals surface area (Å²) < 4.78 is 10.4. The number of carbonyl (C=O) groups excluding carboxylic acids is 1. The molecule has 1 atom stereocenters. The minimum absolute atomic E-state index is 0.0526. The van der Waals surface area contributed by atoms with Gasteiger partial charge in [-0.25, -0.2) is 0 Å². The maximum Gasteiger partial charge on any atom is 0.223 e. The summed E-state index contributed by atoms with van der Waals surface area (Å²) in [5.74, 6) is 1.79. The molecule has 0 bridgehead atoms. The lowest BCUT2D eigenvalue weighted by atomic mass is 10.0. The molecular formula is C19H25N3O3. The lowest BCUT2D eigenvalue weighted by molar-refractivity contribution is -0.134. The van der Waals surface area contributed by atoms with E-state index in [4.69, 9.17) is 9.26 Å². The first-order valence-corrected chi connectivity index (χ1v) is 8.66. The first-order chi connectivity index (χ1) is 12.1. The topological polar surface area (TPSA) is 67.6 Å². The molecule has 1 aliphatic heterocycles. The Balaban J connectivity index is 1.70. The van der Waals surface area contributed by atoms with E-state index < -0.39 is 0 Å². The van der Waals surface area contributed by atoms with Gasteiger partial charge in [-0.2, -0.15) is 0 Å². The number of carbonyl (C=O) groups is 1. The van der Waals surface area contributed by atoms with Crippen molar-refractivity contribution in [2.45, 2.75) is 32.7 Å². The third-order valence-electron chi connectivity index (χ3n) is 4.83. The highest BCUT2D eigenvalue weighted by molar-refractivity contribution is 5.77. The van der Waals surface area contributed by atoms with E-state index in [1.165, 1.54) is 0 Å². The second-order valence-corrected chi connectivity index (χ2v) is 6.38. The molecule has 6 heteroatoms. The van der Waals surface area contributed by atoms with Crippen molar-refractivity contribution in [3.63, 3.8) is 0 Å². The van der Waals surface area contributed by atoms with Crippen LogP contribution in [0.1, 0.15) is 35.0 Å². The highest BCUT2D eigenvalue weighted by Crippen LogP contribution is 2.25. The van der Waals surface area contributed by atoms with Crippen molar-refractivity contribution in [2.24, 2.45) is 0 Å². The van der Waals surface area contributed by atoms with Crippen molar-refractivity contribution < 1.29 is 14.1 Å². The summed E-state index contributed by atoms with van der Waals surface area (Å²) in [6.45, 7) is 6.12. The first kappa shape index (κ1) is 17.5. The summed E-state index contributed by atoms with van der Waals surface area (Å²) >= 11 is 0. The Labute approximate surface area is 148 Å². The summed E-state index contributed by atoms with van der Waals surface area (Å²) in [6.07, 6.45) is 1.13. The minimum Gasteiger partial charge on any atom is -0.497 e. The maximum absolute atomic E-state index is 12.8. The van der Waals surface area contributed by atoms with Gasteiger partial charge in [0, 0.05) is 31.6 Å². The molecule has 2 aromatic rings. The number of nitrogens with zero attached hydrogens (tertiary/aromatic N) is 2. The number of hydrogen-bond donors (Lipinski definition) is 1. The van der Waals surface area contributed by atoms with Crippen molar-refractivity contribution in [1.82, 2.24) is 15.4 Å². The largest absolute Gasteiger partial charge is 0.497 e. The molecule has 3 rings (SSSR count). The van der Waals surface area contributed by atoms with Crippen LogP contribution in [0.15, 0.2) is 28.8 Å². The molecule has 1 saturated heterocycles. The molecule has 0 radical (unpaired) electrons. The molecule has 0 spiro atoms.